The number of nitrogens with zero attached hydrogens (tertiary/aromatic N) is 1. The number of amides is 1. The summed E-state index contributed by atoms with van der Waals surface area (Å²) in [4.78, 5) is 14.7. The molecule has 23 heavy (non-hydrogen) atoms. The van der Waals surface area contributed by atoms with Gasteiger partial charge in [-0.3, -0.25) is 9.69 Å². The molecule has 3 N–H and O–H groups in total. The molecule has 1 aliphatic rings. The van der Waals surface area contributed by atoms with Crippen molar-refractivity contribution in [1.29, 1.82) is 0 Å². The molecule has 1 unspecified atom stereocenters. The van der Waals surface area contributed by atoms with E-state index in [0.29, 0.717) is 6.42 Å². The van der Waals surface area contributed by atoms with Crippen LogP contribution in [0.5, 0.6) is 0 Å². The second-order valence-corrected chi connectivity index (χ2v) is 7.01. The molecule has 2 rings (SSSR count). The molecule has 1 atom stereocenters. The molecule has 0 radical (unpaired) electrons. The third kappa shape index (κ3) is 5.63. The normalized spacial score (nSPS) is 18.9. The van der Waals surface area contributed by atoms with Crippen molar-refractivity contribution in [1.82, 2.24) is 4.90 Å². The Morgan fingerprint density at radius 3 is 2.35 bits per heavy atom. The van der Waals surface area contributed by atoms with E-state index >= 15 is 0 Å². The SMILES string of the molecule is CCCC(C)(N)C(=O)Nc1ccc(CN2CCCCCC2)cc1. The van der Waals surface area contributed by atoms with Crippen LogP contribution in [-0.2, 0) is 11.3 Å². The van der Waals surface area contributed by atoms with Gasteiger partial charge in [0, 0.05) is 12.2 Å². The summed E-state index contributed by atoms with van der Waals surface area (Å²) in [5.74, 6) is -0.111. The van der Waals surface area contributed by atoms with E-state index in [0.717, 1.165) is 18.7 Å². The second-order valence-electron chi connectivity index (χ2n) is 7.01. The van der Waals surface area contributed by atoms with Crippen LogP contribution in [0.3, 0.4) is 0 Å². The fourth-order valence-electron chi connectivity index (χ4n) is 3.15. The fraction of sp³-hybridized carbons (Fsp3) is 0.632. The van der Waals surface area contributed by atoms with Crippen LogP contribution < -0.4 is 11.1 Å². The Hall–Kier alpha value is -1.39. The summed E-state index contributed by atoms with van der Waals surface area (Å²) in [6.45, 7) is 7.22. The van der Waals surface area contributed by atoms with Gasteiger partial charge in [0.05, 0.1) is 5.54 Å². The minimum absolute atomic E-state index is 0.111. The van der Waals surface area contributed by atoms with E-state index in [9.17, 15) is 4.79 Å². The van der Waals surface area contributed by atoms with Crippen molar-refractivity contribution in [2.24, 2.45) is 5.73 Å². The molecule has 0 aliphatic carbocycles. The predicted octanol–water partition coefficient (Wildman–Crippen LogP) is 3.52. The summed E-state index contributed by atoms with van der Waals surface area (Å²) < 4.78 is 0. The fourth-order valence-corrected chi connectivity index (χ4v) is 3.15. The van der Waals surface area contributed by atoms with Crippen LogP contribution in [0.25, 0.3) is 0 Å². The van der Waals surface area contributed by atoms with Crippen molar-refractivity contribution < 1.29 is 4.79 Å². The van der Waals surface area contributed by atoms with Crippen LogP contribution in [-0.4, -0.2) is 29.4 Å². The molecule has 1 amide bonds. The van der Waals surface area contributed by atoms with Crippen molar-refractivity contribution in [3.05, 3.63) is 29.8 Å². The maximum absolute atomic E-state index is 12.2. The predicted molar refractivity (Wildman–Crippen MR) is 96.3 cm³/mol. The smallest absolute Gasteiger partial charge is 0.244 e. The third-order valence-electron chi connectivity index (χ3n) is 4.60. The van der Waals surface area contributed by atoms with Crippen LogP contribution in [0.1, 0.15) is 57.9 Å². The average molecular weight is 317 g/mol. The van der Waals surface area contributed by atoms with Gasteiger partial charge in [0.25, 0.3) is 0 Å². The lowest BCUT2D eigenvalue weighted by Gasteiger charge is -2.23. The molecule has 1 aromatic carbocycles. The van der Waals surface area contributed by atoms with Gasteiger partial charge in [0.1, 0.15) is 0 Å². The van der Waals surface area contributed by atoms with Crippen molar-refractivity contribution >= 4 is 11.6 Å². The first kappa shape index (κ1) is 18.0. The molecule has 0 aromatic heterocycles. The van der Waals surface area contributed by atoms with E-state index in [1.807, 2.05) is 19.1 Å². The van der Waals surface area contributed by atoms with Crippen molar-refractivity contribution in [2.45, 2.75) is 64.5 Å². The number of benzene rings is 1. The Morgan fingerprint density at radius 2 is 1.78 bits per heavy atom. The second kappa shape index (κ2) is 8.46. The molecular weight excluding hydrogens is 286 g/mol. The van der Waals surface area contributed by atoms with Gasteiger partial charge >= 0.3 is 0 Å². The molecule has 1 saturated heterocycles. The summed E-state index contributed by atoms with van der Waals surface area (Å²) >= 11 is 0. The highest BCUT2D eigenvalue weighted by atomic mass is 16.2. The van der Waals surface area contributed by atoms with Gasteiger partial charge in [0.2, 0.25) is 5.91 Å². The zero-order chi connectivity index (χ0) is 16.7. The van der Waals surface area contributed by atoms with Gasteiger partial charge in [0.15, 0.2) is 0 Å². The molecule has 1 fully saturated rings. The molecule has 128 valence electrons. The lowest BCUT2D eigenvalue weighted by molar-refractivity contribution is -0.120. The van der Waals surface area contributed by atoms with Gasteiger partial charge in [-0.15, -0.1) is 0 Å². The Kier molecular flexibility index (Phi) is 6.60. The number of hydrogen-bond acceptors (Lipinski definition) is 3. The van der Waals surface area contributed by atoms with E-state index in [1.54, 1.807) is 6.92 Å². The minimum atomic E-state index is -0.806. The summed E-state index contributed by atoms with van der Waals surface area (Å²) in [6.07, 6.45) is 6.91. The Labute approximate surface area is 140 Å². The highest BCUT2D eigenvalue weighted by molar-refractivity contribution is 5.97. The van der Waals surface area contributed by atoms with Crippen molar-refractivity contribution in [2.75, 3.05) is 18.4 Å². The Morgan fingerprint density at radius 1 is 1.17 bits per heavy atom. The van der Waals surface area contributed by atoms with Crippen LogP contribution in [0, 0.1) is 0 Å². The number of rotatable bonds is 6. The van der Waals surface area contributed by atoms with Crippen molar-refractivity contribution in [3.8, 4) is 0 Å². The zero-order valence-electron chi connectivity index (χ0n) is 14.6. The standard InChI is InChI=1S/C19H31N3O/c1-3-12-19(2,20)18(23)21-17-10-8-16(9-11-17)15-22-13-6-4-5-7-14-22/h8-11H,3-7,12-15,20H2,1-2H3,(H,21,23). The first-order valence-electron chi connectivity index (χ1n) is 8.93. The quantitative estimate of drug-likeness (QED) is 0.844. The zero-order valence-corrected chi connectivity index (χ0v) is 14.6. The maximum Gasteiger partial charge on any atom is 0.244 e. The summed E-state index contributed by atoms with van der Waals surface area (Å²) in [5.41, 5.74) is 7.38. The highest BCUT2D eigenvalue weighted by Crippen LogP contribution is 2.17. The summed E-state index contributed by atoms with van der Waals surface area (Å²) in [6, 6.07) is 8.17. The van der Waals surface area contributed by atoms with Crippen molar-refractivity contribution in [3.63, 3.8) is 0 Å². The summed E-state index contributed by atoms with van der Waals surface area (Å²) in [5, 5.41) is 2.93. The van der Waals surface area contributed by atoms with Crippen LogP contribution in [0.15, 0.2) is 24.3 Å². The molecule has 1 aliphatic heterocycles. The molecule has 0 saturated carbocycles. The van der Waals surface area contributed by atoms with Gasteiger partial charge in [-0.25, -0.2) is 0 Å². The van der Waals surface area contributed by atoms with Gasteiger partial charge in [-0.05, 0) is 57.0 Å². The summed E-state index contributed by atoms with van der Waals surface area (Å²) in [7, 11) is 0. The maximum atomic E-state index is 12.2. The minimum Gasteiger partial charge on any atom is -0.325 e. The molecule has 1 aromatic rings. The average Bonchev–Trinajstić information content (AvgIpc) is 2.78. The van der Waals surface area contributed by atoms with E-state index < -0.39 is 5.54 Å². The number of nitrogens with one attached hydrogen (secondary N) is 1. The third-order valence-corrected chi connectivity index (χ3v) is 4.60. The number of carbonyl (C=O) groups is 1. The lowest BCUT2D eigenvalue weighted by atomic mass is 9.96. The lowest BCUT2D eigenvalue weighted by Crippen LogP contribution is -2.48. The molecule has 1 heterocycles. The van der Waals surface area contributed by atoms with E-state index in [-0.39, 0.29) is 5.91 Å². The molecular formula is C19H31N3O. The van der Waals surface area contributed by atoms with Gasteiger partial charge in [-0.2, -0.15) is 0 Å². The van der Waals surface area contributed by atoms with Gasteiger partial charge in [-0.1, -0.05) is 38.3 Å². The number of likely N-dealkylation sites (tertiary alicyclic amines) is 1. The van der Waals surface area contributed by atoms with Gasteiger partial charge < -0.3 is 11.1 Å². The first-order valence-corrected chi connectivity index (χ1v) is 8.93. The molecule has 0 bridgehead atoms. The topological polar surface area (TPSA) is 58.4 Å². The molecule has 4 nitrogen and oxygen atoms in total. The van der Waals surface area contributed by atoms with E-state index in [1.165, 1.54) is 44.3 Å². The van der Waals surface area contributed by atoms with Crippen LogP contribution in [0.2, 0.25) is 0 Å². The largest absolute Gasteiger partial charge is 0.325 e. The number of carbonyl (C=O) groups excluding carboxylic acids is 1. The Bertz CT molecular complexity index is 488. The van der Waals surface area contributed by atoms with E-state index in [4.69, 9.17) is 5.73 Å². The first-order chi connectivity index (χ1) is 11.0. The number of hydrogen-bond donors (Lipinski definition) is 2. The number of nitrogens with two attached hydrogens (primary N) is 1. The highest BCUT2D eigenvalue weighted by Gasteiger charge is 2.27. The van der Waals surface area contributed by atoms with Crippen LogP contribution in [0.4, 0.5) is 5.69 Å². The van der Waals surface area contributed by atoms with E-state index in [2.05, 4.69) is 22.3 Å². The molecule has 0 spiro atoms. The number of anilines is 1. The monoisotopic (exact) mass is 317 g/mol. The molecule has 4 heteroatoms. The Balaban J connectivity index is 1.90. The van der Waals surface area contributed by atoms with Crippen LogP contribution >= 0.6 is 0 Å².